The van der Waals surface area contributed by atoms with E-state index in [0.717, 1.165) is 16.7 Å². The van der Waals surface area contributed by atoms with Crippen LogP contribution in [-0.4, -0.2) is 54.7 Å². The predicted octanol–water partition coefficient (Wildman–Crippen LogP) is 3.83. The molecule has 0 saturated carbocycles. The van der Waals surface area contributed by atoms with Crippen LogP contribution >= 0.6 is 15.9 Å². The fourth-order valence-corrected chi connectivity index (χ4v) is 6.37. The van der Waals surface area contributed by atoms with Crippen molar-refractivity contribution >= 4 is 42.9 Å². The van der Waals surface area contributed by atoms with E-state index in [0.29, 0.717) is 10.5 Å². The van der Waals surface area contributed by atoms with E-state index in [2.05, 4.69) is 20.9 Å². The van der Waals surface area contributed by atoms with E-state index < -0.39 is 39.4 Å². The van der Waals surface area contributed by atoms with E-state index in [1.807, 2.05) is 0 Å². The van der Waals surface area contributed by atoms with Crippen LogP contribution in [0.15, 0.2) is 74.8 Å². The van der Waals surface area contributed by atoms with Gasteiger partial charge in [0.15, 0.2) is 11.9 Å². The second-order valence-electron chi connectivity index (χ2n) is 9.19. The van der Waals surface area contributed by atoms with Crippen molar-refractivity contribution in [1.29, 1.82) is 0 Å². The van der Waals surface area contributed by atoms with Crippen LogP contribution in [0.5, 0.6) is 0 Å². The first kappa shape index (κ1) is 28.8. The van der Waals surface area contributed by atoms with E-state index in [1.54, 1.807) is 18.2 Å². The number of fused-ring (bicyclic) bond motifs is 1. The Morgan fingerprint density at radius 1 is 1.05 bits per heavy atom. The number of hydrogen-bond donors (Lipinski definition) is 1. The predicted molar refractivity (Wildman–Crippen MR) is 148 cm³/mol. The molecular formula is C27H23BrF2N4O6S. The van der Waals surface area contributed by atoms with Crippen molar-refractivity contribution in [3.8, 4) is 5.69 Å². The summed E-state index contributed by atoms with van der Waals surface area (Å²) in [5.41, 5.74) is 5.37. The first-order chi connectivity index (χ1) is 19.5. The number of nitrogens with two attached hydrogens (primary N) is 1. The molecule has 10 nitrogen and oxygen atoms in total. The van der Waals surface area contributed by atoms with Crippen molar-refractivity contribution < 1.29 is 31.5 Å². The molecule has 1 atom stereocenters. The third-order valence-corrected chi connectivity index (χ3v) is 8.86. The summed E-state index contributed by atoms with van der Waals surface area (Å²) in [5, 5.41) is 0.219. The van der Waals surface area contributed by atoms with Gasteiger partial charge in [-0.2, -0.15) is 4.31 Å². The van der Waals surface area contributed by atoms with Gasteiger partial charge in [-0.1, -0.05) is 15.9 Å². The standard InChI is InChI=1S/C27H23BrF2N4O6S/c28-17-1-6-22-23(14-17)32-25(24(40-27(31)36)13-16-11-18(29)15-19(30)12-16)34(26(22)35)20-2-4-21(5-3-20)41(37,38)33-7-9-39-10-8-33/h1-6,11-12,14-15,24H,7-10,13H2,(H2,31,36)/t24-/m1/s1. The lowest BCUT2D eigenvalue weighted by Gasteiger charge is -2.26. The molecule has 1 aliphatic rings. The molecule has 0 unspecified atom stereocenters. The highest BCUT2D eigenvalue weighted by atomic mass is 79.9. The third kappa shape index (κ3) is 6.15. The summed E-state index contributed by atoms with van der Waals surface area (Å²) < 4.78 is 67.8. The van der Waals surface area contributed by atoms with Crippen molar-refractivity contribution in [2.75, 3.05) is 26.3 Å². The molecule has 41 heavy (non-hydrogen) atoms. The summed E-state index contributed by atoms with van der Waals surface area (Å²) in [4.78, 5) is 30.3. The summed E-state index contributed by atoms with van der Waals surface area (Å²) in [6.45, 7) is 0.992. The van der Waals surface area contributed by atoms with Gasteiger partial charge in [-0.25, -0.2) is 27.0 Å². The second kappa shape index (κ2) is 11.6. The lowest BCUT2D eigenvalue weighted by Crippen LogP contribution is -2.40. The molecule has 214 valence electrons. The lowest BCUT2D eigenvalue weighted by molar-refractivity contribution is 0.0730. The number of hydrogen-bond acceptors (Lipinski definition) is 7. The zero-order chi connectivity index (χ0) is 29.3. The van der Waals surface area contributed by atoms with Gasteiger partial charge in [0.1, 0.15) is 11.6 Å². The number of halogens is 3. The summed E-state index contributed by atoms with van der Waals surface area (Å²) in [6, 6.07) is 13.2. The number of rotatable bonds is 7. The first-order valence-electron chi connectivity index (χ1n) is 12.3. The molecule has 4 aromatic rings. The Morgan fingerprint density at radius 3 is 2.34 bits per heavy atom. The van der Waals surface area contributed by atoms with Gasteiger partial charge < -0.3 is 15.2 Å². The topological polar surface area (TPSA) is 134 Å². The van der Waals surface area contributed by atoms with Gasteiger partial charge in [0, 0.05) is 30.0 Å². The number of carbonyl (C=O) groups excluding carboxylic acids is 1. The minimum absolute atomic E-state index is 0.00981. The molecule has 0 radical (unpaired) electrons. The largest absolute Gasteiger partial charge is 0.438 e. The Bertz CT molecular complexity index is 1770. The molecule has 2 N–H and O–H groups in total. The van der Waals surface area contributed by atoms with Crippen molar-refractivity contribution in [1.82, 2.24) is 13.9 Å². The maximum absolute atomic E-state index is 14.0. The molecule has 0 aliphatic carbocycles. The van der Waals surface area contributed by atoms with E-state index >= 15 is 0 Å². The monoisotopic (exact) mass is 648 g/mol. The van der Waals surface area contributed by atoms with Gasteiger partial charge in [0.2, 0.25) is 10.0 Å². The van der Waals surface area contributed by atoms with E-state index in [4.69, 9.17) is 15.2 Å². The highest BCUT2D eigenvalue weighted by Crippen LogP contribution is 2.27. The number of nitrogens with zero attached hydrogens (tertiary/aromatic N) is 3. The Kier molecular flexibility index (Phi) is 8.18. The molecule has 1 fully saturated rings. The summed E-state index contributed by atoms with van der Waals surface area (Å²) >= 11 is 3.35. The van der Waals surface area contributed by atoms with Crippen molar-refractivity contribution in [3.05, 3.63) is 98.5 Å². The number of aromatic nitrogens is 2. The summed E-state index contributed by atoms with van der Waals surface area (Å²) in [5.74, 6) is -1.78. The second-order valence-corrected chi connectivity index (χ2v) is 12.0. The molecule has 14 heteroatoms. The Hall–Kier alpha value is -3.72. The number of morpholine rings is 1. The average molecular weight is 649 g/mol. The highest BCUT2D eigenvalue weighted by Gasteiger charge is 2.28. The Morgan fingerprint density at radius 2 is 1.71 bits per heavy atom. The Balaban J connectivity index is 1.66. The van der Waals surface area contributed by atoms with Crippen LogP contribution in [0, 0.1) is 11.6 Å². The van der Waals surface area contributed by atoms with Crippen LogP contribution in [0.3, 0.4) is 0 Å². The van der Waals surface area contributed by atoms with E-state index in [1.165, 1.54) is 28.6 Å². The van der Waals surface area contributed by atoms with Gasteiger partial charge in [-0.15, -0.1) is 0 Å². The van der Waals surface area contributed by atoms with Crippen LogP contribution < -0.4 is 11.3 Å². The zero-order valence-electron chi connectivity index (χ0n) is 21.3. The lowest BCUT2D eigenvalue weighted by atomic mass is 10.1. The molecule has 1 aromatic heterocycles. The minimum Gasteiger partial charge on any atom is -0.438 e. The number of benzene rings is 3. The molecule has 0 bridgehead atoms. The average Bonchev–Trinajstić information content (AvgIpc) is 2.92. The number of primary amides is 1. The van der Waals surface area contributed by atoms with Crippen molar-refractivity contribution in [2.24, 2.45) is 5.73 Å². The smallest absolute Gasteiger partial charge is 0.405 e. The van der Waals surface area contributed by atoms with Crippen molar-refractivity contribution in [2.45, 2.75) is 17.4 Å². The van der Waals surface area contributed by atoms with Crippen LogP contribution in [0.2, 0.25) is 0 Å². The molecule has 2 heterocycles. The van der Waals surface area contributed by atoms with Crippen molar-refractivity contribution in [3.63, 3.8) is 0 Å². The minimum atomic E-state index is -3.81. The van der Waals surface area contributed by atoms with Gasteiger partial charge in [0.05, 0.1) is 34.7 Å². The van der Waals surface area contributed by atoms with Crippen LogP contribution in [0.4, 0.5) is 13.6 Å². The molecule has 3 aromatic carbocycles. The van der Waals surface area contributed by atoms with Gasteiger partial charge in [-0.3, -0.25) is 9.36 Å². The number of ether oxygens (including phenoxy) is 2. The highest BCUT2D eigenvalue weighted by molar-refractivity contribution is 9.10. The molecule has 1 amide bonds. The summed E-state index contributed by atoms with van der Waals surface area (Å²) in [6.07, 6.45) is -2.82. The van der Waals surface area contributed by atoms with Gasteiger partial charge >= 0.3 is 6.09 Å². The van der Waals surface area contributed by atoms with Crippen LogP contribution in [0.1, 0.15) is 17.5 Å². The number of amides is 1. The Labute approximate surface area is 241 Å². The quantitative estimate of drug-likeness (QED) is 0.322. The maximum atomic E-state index is 14.0. The molecule has 1 aliphatic heterocycles. The van der Waals surface area contributed by atoms with E-state index in [9.17, 15) is 26.8 Å². The first-order valence-corrected chi connectivity index (χ1v) is 14.6. The molecule has 1 saturated heterocycles. The summed E-state index contributed by atoms with van der Waals surface area (Å²) in [7, 11) is -3.81. The number of sulfonamides is 1. The van der Waals surface area contributed by atoms with Gasteiger partial charge in [0.25, 0.3) is 5.56 Å². The fourth-order valence-electron chi connectivity index (χ4n) is 4.61. The molecule has 0 spiro atoms. The SMILES string of the molecule is NC(=O)O[C@H](Cc1cc(F)cc(F)c1)c1nc2cc(Br)ccc2c(=O)n1-c1ccc(S(=O)(=O)N2CCOCC2)cc1. The zero-order valence-corrected chi connectivity index (χ0v) is 23.7. The van der Waals surface area contributed by atoms with Gasteiger partial charge in [-0.05, 0) is 60.2 Å². The molecular weight excluding hydrogens is 626 g/mol. The van der Waals surface area contributed by atoms with E-state index in [-0.39, 0.29) is 65.6 Å². The number of carbonyl (C=O) groups is 1. The third-order valence-electron chi connectivity index (χ3n) is 6.45. The maximum Gasteiger partial charge on any atom is 0.405 e. The van der Waals surface area contributed by atoms with Crippen LogP contribution in [-0.2, 0) is 25.9 Å². The van der Waals surface area contributed by atoms with Crippen LogP contribution in [0.25, 0.3) is 16.6 Å². The fraction of sp³-hybridized carbons (Fsp3) is 0.222. The normalized spacial score (nSPS) is 15.1. The molecule has 5 rings (SSSR count).